The van der Waals surface area contributed by atoms with Gasteiger partial charge in [0.05, 0.1) is 101 Å². The zero-order valence-electron chi connectivity index (χ0n) is 79.6. The number of aromatic amines is 1. The number of fused-ring (bicyclic) bond motifs is 7. The minimum absolute atomic E-state index is 0.0291. The lowest BCUT2D eigenvalue weighted by atomic mass is 9.99. The number of rotatable bonds is 48. The van der Waals surface area contributed by atoms with Crippen molar-refractivity contribution >= 4 is 125 Å². The summed E-state index contributed by atoms with van der Waals surface area (Å²) in [4.78, 5) is 27.3. The fourth-order valence-corrected chi connectivity index (χ4v) is 19.9. The van der Waals surface area contributed by atoms with Crippen LogP contribution in [0, 0.1) is 0 Å². The predicted octanol–water partition coefficient (Wildman–Crippen LogP) is 9.30. The Hall–Kier alpha value is -7.42. The van der Waals surface area contributed by atoms with Gasteiger partial charge >= 0.3 is 5.97 Å². The van der Waals surface area contributed by atoms with Crippen molar-refractivity contribution in [2.45, 2.75) is 155 Å². The fraction of sp³-hybridized carbons (Fsp3) is 0.556. The molecule has 3 aliphatic heterocycles. The predicted molar refractivity (Wildman–Crippen MR) is 540 cm³/mol. The number of carbonyl (C=O) groups is 1. The van der Waals surface area contributed by atoms with Crippen molar-refractivity contribution in [3.05, 3.63) is 190 Å². The number of quaternary nitrogens is 1. The Morgan fingerprint density at radius 2 is 0.971 bits per heavy atom. The Kier molecular flexibility index (Phi) is 56.0. The van der Waals surface area contributed by atoms with E-state index in [1.165, 1.54) is 53.9 Å². The van der Waals surface area contributed by atoms with E-state index in [-0.39, 0.29) is 77.7 Å². The van der Waals surface area contributed by atoms with Crippen molar-refractivity contribution in [1.82, 2.24) is 40.6 Å². The molecule has 0 bridgehead atoms. The summed E-state index contributed by atoms with van der Waals surface area (Å²) in [6.07, 6.45) is 13.4. The third-order valence-electron chi connectivity index (χ3n) is 21.2. The molecule has 2 unspecified atom stereocenters. The van der Waals surface area contributed by atoms with E-state index in [0.717, 1.165) is 130 Å². The van der Waals surface area contributed by atoms with E-state index in [4.69, 9.17) is 55.7 Å². The first kappa shape index (κ1) is 123. The molecule has 0 aliphatic carbocycles. The van der Waals surface area contributed by atoms with Crippen LogP contribution in [0.1, 0.15) is 135 Å². The van der Waals surface area contributed by atoms with Crippen molar-refractivity contribution in [3.8, 4) is 11.5 Å². The number of nitrogens with one attached hydrogen (secondary N) is 5. The summed E-state index contributed by atoms with van der Waals surface area (Å²) < 4.78 is 255. The Morgan fingerprint density at radius 3 is 1.49 bits per heavy atom. The Bertz CT molecular complexity index is 5840. The smallest absolute Gasteiger partial charge is 0.323 e. The number of hydrogen-bond acceptors (Lipinski definition) is 30. The van der Waals surface area contributed by atoms with Crippen LogP contribution in [0.4, 0.5) is 5.69 Å². The van der Waals surface area contributed by atoms with Gasteiger partial charge < -0.3 is 50.1 Å². The molecular formula is C90H143N10O29S9+. The molecule has 0 spiro atoms. The largest absolute Gasteiger partial charge is 0.497 e. The number of aliphatic hydroxyl groups is 1. The first-order chi connectivity index (χ1) is 64.8. The molecule has 39 nitrogen and oxygen atoms in total. The summed E-state index contributed by atoms with van der Waals surface area (Å²) in [5, 5.41) is 23.8. The number of H-pyrrole nitrogens is 1. The maximum absolute atomic E-state index is 11.9. The van der Waals surface area contributed by atoms with Gasteiger partial charge in [0.2, 0.25) is 0 Å². The van der Waals surface area contributed by atoms with Crippen LogP contribution in [-0.2, 0) is 142 Å². The first-order valence-corrected chi connectivity index (χ1v) is 59.0. The molecule has 2 atom stereocenters. The summed E-state index contributed by atoms with van der Waals surface area (Å²) in [5.41, 5.74) is 10.7. The van der Waals surface area contributed by atoms with Gasteiger partial charge in [-0.05, 0) is 212 Å². The molecule has 0 fully saturated rings. The molecular weight excluding hydrogens is 1970 g/mol. The molecule has 138 heavy (non-hydrogen) atoms. The Morgan fingerprint density at radius 1 is 0.486 bits per heavy atom. The lowest BCUT2D eigenvalue weighted by Crippen LogP contribution is -2.40. The van der Waals surface area contributed by atoms with Crippen molar-refractivity contribution in [2.75, 3.05) is 172 Å². The highest BCUT2D eigenvalue weighted by Gasteiger charge is 2.26. The summed E-state index contributed by atoms with van der Waals surface area (Å²) in [6.45, 7) is 15.1. The topological polar surface area (TPSA) is 586 Å². The lowest BCUT2D eigenvalue weighted by molar-refractivity contribution is -0.870. The number of esters is 1. The minimum Gasteiger partial charge on any atom is -0.497 e. The van der Waals surface area contributed by atoms with Crippen molar-refractivity contribution < 1.29 is 132 Å². The molecule has 8 aromatic rings. The minimum atomic E-state index is -3.97. The van der Waals surface area contributed by atoms with Gasteiger partial charge in [0.1, 0.15) is 17.5 Å². The molecule has 0 radical (unpaired) electrons. The molecule has 11 rings (SSSR count). The van der Waals surface area contributed by atoms with E-state index < -0.39 is 87.0 Å². The number of anilines is 1. The molecule has 780 valence electrons. The number of ether oxygens (including phenoxy) is 3. The molecule has 0 saturated carbocycles. The second kappa shape index (κ2) is 62.9. The van der Waals surface area contributed by atoms with Crippen molar-refractivity contribution in [2.24, 2.45) is 0 Å². The summed E-state index contributed by atoms with van der Waals surface area (Å²) in [7, 11) is -21.5. The van der Waals surface area contributed by atoms with E-state index in [1.54, 1.807) is 33.5 Å². The highest BCUT2D eigenvalue weighted by Crippen LogP contribution is 2.36. The van der Waals surface area contributed by atoms with E-state index in [2.05, 4.69) is 82.3 Å². The highest BCUT2D eigenvalue weighted by atomic mass is 32.2. The zero-order valence-corrected chi connectivity index (χ0v) is 87.0. The highest BCUT2D eigenvalue weighted by molar-refractivity contribution is 7.87. The Balaban J connectivity index is 0.000000332. The fourth-order valence-electron chi connectivity index (χ4n) is 14.5. The van der Waals surface area contributed by atoms with Crippen molar-refractivity contribution in [3.63, 3.8) is 0 Å². The SMILES string of the molecule is CCCC(CO)NCCCS(=O)(=O)O.CCOC(=O)C(Cc1ccccc1)NCCCS(=O)(=O)O.COc1ccc2[nH]c3c(c2c1)CCN(CCCS(=O)(=O)O)C3.COc1cccc2c1CN(CCCS(=O)(=O)O)CC2.C[N+](C)(C)CCCS(=O)(=O)O.O=S(=O)(O)CCCCNCc1ccccc1.O=S(=O)(O)CCCCNc1ccncc1.O=S(=O)(O)CCCN1CCc2c(sc3ccccc23)C1. The maximum Gasteiger partial charge on any atom is 0.323 e. The second-order valence-corrected chi connectivity index (χ2v) is 47.6. The number of methoxy groups -OCH3 is 2. The van der Waals surface area contributed by atoms with Gasteiger partial charge in [-0.25, -0.2) is 0 Å². The van der Waals surface area contributed by atoms with Crippen LogP contribution in [0.15, 0.2) is 146 Å². The number of aliphatic hydroxyl groups excluding tert-OH is 1. The third-order valence-corrected chi connectivity index (χ3v) is 28.8. The van der Waals surface area contributed by atoms with Gasteiger partial charge in [0.15, 0.2) is 0 Å². The summed E-state index contributed by atoms with van der Waals surface area (Å²) >= 11 is 1.83. The summed E-state index contributed by atoms with van der Waals surface area (Å²) in [6, 6.07) is 43.2. The number of aromatic nitrogens is 2. The molecule has 3 aliphatic rings. The number of benzene rings is 5. The van der Waals surface area contributed by atoms with Crippen LogP contribution < -0.4 is 30.7 Å². The van der Waals surface area contributed by atoms with Crippen LogP contribution >= 0.6 is 11.3 Å². The molecule has 0 amide bonds. The van der Waals surface area contributed by atoms with Crippen LogP contribution in [0.2, 0.25) is 0 Å². The number of carbonyl (C=O) groups excluding carboxylic acids is 1. The number of hydrogen-bond donors (Lipinski definition) is 14. The number of pyridine rings is 1. The molecule has 48 heteroatoms. The van der Waals surface area contributed by atoms with E-state index >= 15 is 0 Å². The molecule has 0 saturated heterocycles. The normalized spacial score (nSPS) is 14.2. The van der Waals surface area contributed by atoms with E-state index in [1.807, 2.05) is 136 Å². The average molecular weight is 2120 g/mol. The number of nitrogens with zero attached hydrogens (tertiary/aromatic N) is 5. The quantitative estimate of drug-likeness (QED) is 0.00730. The number of unbranched alkanes of at least 4 members (excludes halogenated alkanes) is 2. The molecule has 3 aromatic heterocycles. The Labute approximate surface area is 820 Å². The molecule has 5 aromatic carbocycles. The molecule has 14 N–H and O–H groups in total. The number of thiophene rings is 1. The zero-order chi connectivity index (χ0) is 103. The van der Waals surface area contributed by atoms with Gasteiger partial charge in [-0.15, -0.1) is 11.3 Å². The van der Waals surface area contributed by atoms with Crippen LogP contribution in [0.25, 0.3) is 21.0 Å². The standard InChI is InChI=1S/C15H20N2O4S.C14H21NO5S.C14H17NO3S2.C13H19NO4S.C11H17NO3S.C9H14N2O3S.C8H19NO4S.C6H15NO3S/c1-21-11-3-4-14-13(9-11)12-5-7-17(10-15(12)16-14)6-2-8-22(18,19)20;1-2-20-14(16)13(11-12-7-4-3-5-8-12)15-9-6-10-21(17,18)19;16-20(17,18)9-3-7-15-8-6-12-11-4-1-2-5-13(11)19-14(12)10-15;1-18-13-5-2-4-11-6-8-14(10-12(11)13)7-3-9-19(15,16)17;13-16(14,15)9-5-4-8-12-10-11-6-2-1-3-7-11;12-15(13,14)8-2-1-5-11-9-3-6-10-7-4-9;1-2-4-8(7-10)9-5-3-6-14(11,12)13;1-7(2,3)5-4-6-11(8,9)10/h3-4,9,16H,2,5-8,10H2,1H3,(H,18,19,20);3-5,7-8,13,15H,2,6,9-11H2,1H3,(H,17,18,19);1-2,4-5H,3,6-10H2,(H,16,17,18);2,4-5H,3,6-10H2,1H3,(H,15,16,17);1-3,6-7,12H,4-5,8-10H2,(H,13,14,15);3-4,6-7H,1-2,5,8H2,(H,10,11)(H,12,13,14);8-10H,2-7H2,1H3,(H,11,12,13);4-6H2,1-3H3/p+1. The summed E-state index contributed by atoms with van der Waals surface area (Å²) in [5.74, 6) is -0.167. The van der Waals surface area contributed by atoms with Gasteiger partial charge in [-0.3, -0.25) is 60.9 Å². The van der Waals surface area contributed by atoms with E-state index in [0.29, 0.717) is 97.1 Å². The van der Waals surface area contributed by atoms with Gasteiger partial charge in [-0.1, -0.05) is 104 Å². The molecule has 6 heterocycles. The lowest BCUT2D eigenvalue weighted by Gasteiger charge is -2.29. The van der Waals surface area contributed by atoms with E-state index in [9.17, 15) is 72.1 Å². The monoisotopic (exact) mass is 2120 g/mol. The van der Waals surface area contributed by atoms with Gasteiger partial charge in [0, 0.05) is 115 Å². The maximum atomic E-state index is 11.9. The van der Waals surface area contributed by atoms with Gasteiger partial charge in [-0.2, -0.15) is 67.3 Å². The van der Waals surface area contributed by atoms with Gasteiger partial charge in [0.25, 0.3) is 80.9 Å². The average Bonchev–Trinajstić information content (AvgIpc) is 1.63. The second-order valence-electron chi connectivity index (χ2n) is 33.9. The van der Waals surface area contributed by atoms with Crippen LogP contribution in [0.5, 0.6) is 11.5 Å². The van der Waals surface area contributed by atoms with Crippen LogP contribution in [-0.4, -0.2) is 323 Å². The van der Waals surface area contributed by atoms with Crippen molar-refractivity contribution in [1.29, 1.82) is 0 Å². The first-order valence-electron chi connectivity index (χ1n) is 45.3. The third kappa shape index (κ3) is 58.2. The van der Waals surface area contributed by atoms with Crippen LogP contribution in [0.3, 0.4) is 0 Å².